The largest absolute Gasteiger partial charge is 0.381 e. The Balaban J connectivity index is 2.25. The van der Waals surface area contributed by atoms with Crippen molar-refractivity contribution >= 4 is 0 Å². The van der Waals surface area contributed by atoms with Crippen molar-refractivity contribution in [2.24, 2.45) is 0 Å². The van der Waals surface area contributed by atoms with E-state index in [9.17, 15) is 0 Å². The lowest BCUT2D eigenvalue weighted by atomic mass is 9.96. The molecule has 0 spiro atoms. The summed E-state index contributed by atoms with van der Waals surface area (Å²) in [7, 11) is 0. The zero-order chi connectivity index (χ0) is 13.7. The fraction of sp³-hybridized carbons (Fsp3) is 0.688. The van der Waals surface area contributed by atoms with Gasteiger partial charge in [0.25, 0.3) is 0 Å². The van der Waals surface area contributed by atoms with Crippen molar-refractivity contribution in [3.8, 4) is 0 Å². The Morgan fingerprint density at radius 3 is 2.63 bits per heavy atom. The second-order valence-corrected chi connectivity index (χ2v) is 5.21. The van der Waals surface area contributed by atoms with Crippen LogP contribution >= 0.6 is 0 Å². The summed E-state index contributed by atoms with van der Waals surface area (Å²) in [6, 6.07) is 4.46. The molecular weight excluding hydrogens is 236 g/mol. The molecule has 0 bridgehead atoms. The Hall–Kier alpha value is -0.930. The normalized spacial score (nSPS) is 19.3. The number of hydrogen-bond donors (Lipinski definition) is 0. The SMILES string of the molecule is CCc1ccc([C@@H]2CCOC2)c(CN(CC)CC)n1. The first kappa shape index (κ1) is 14.5. The number of aryl methyl sites for hydroxylation is 1. The van der Waals surface area contributed by atoms with Gasteiger partial charge in [0.2, 0.25) is 0 Å². The number of rotatable bonds is 6. The molecule has 0 radical (unpaired) electrons. The van der Waals surface area contributed by atoms with Crippen LogP contribution in [0.25, 0.3) is 0 Å². The zero-order valence-electron chi connectivity index (χ0n) is 12.5. The third-order valence-electron chi connectivity index (χ3n) is 4.07. The van der Waals surface area contributed by atoms with Crippen LogP contribution in [0.1, 0.15) is 50.1 Å². The highest BCUT2D eigenvalue weighted by atomic mass is 16.5. The highest BCUT2D eigenvalue weighted by Gasteiger charge is 2.22. The first-order valence-electron chi connectivity index (χ1n) is 7.57. The number of aromatic nitrogens is 1. The molecule has 1 aliphatic heterocycles. The standard InChI is InChI=1S/C16H26N2O/c1-4-14-7-8-15(13-9-10-19-12-13)16(17-14)11-18(5-2)6-3/h7-8,13H,4-6,9-12H2,1-3H3/t13-/m1/s1. The van der Waals surface area contributed by atoms with Crippen molar-refractivity contribution in [3.05, 3.63) is 29.1 Å². The molecule has 0 amide bonds. The highest BCUT2D eigenvalue weighted by molar-refractivity contribution is 5.28. The van der Waals surface area contributed by atoms with Crippen LogP contribution < -0.4 is 0 Å². The summed E-state index contributed by atoms with van der Waals surface area (Å²) in [5, 5.41) is 0. The summed E-state index contributed by atoms with van der Waals surface area (Å²) in [6.45, 7) is 11.5. The molecule has 1 aliphatic rings. The molecule has 1 saturated heterocycles. The van der Waals surface area contributed by atoms with Gasteiger partial charge < -0.3 is 4.74 Å². The van der Waals surface area contributed by atoms with E-state index in [0.29, 0.717) is 5.92 Å². The fourth-order valence-corrected chi connectivity index (χ4v) is 2.69. The maximum atomic E-state index is 5.54. The lowest BCUT2D eigenvalue weighted by molar-refractivity contribution is 0.193. The third kappa shape index (κ3) is 3.54. The second kappa shape index (κ2) is 7.01. The van der Waals surface area contributed by atoms with Crippen LogP contribution in [0.4, 0.5) is 0 Å². The van der Waals surface area contributed by atoms with E-state index in [-0.39, 0.29) is 0 Å². The maximum Gasteiger partial charge on any atom is 0.0582 e. The van der Waals surface area contributed by atoms with E-state index in [1.54, 1.807) is 0 Å². The summed E-state index contributed by atoms with van der Waals surface area (Å²) in [5.74, 6) is 0.545. The summed E-state index contributed by atoms with van der Waals surface area (Å²) in [6.07, 6.45) is 2.14. The molecule has 2 rings (SSSR count). The average molecular weight is 262 g/mol. The molecule has 1 aromatic heterocycles. The van der Waals surface area contributed by atoms with E-state index in [0.717, 1.165) is 45.7 Å². The number of ether oxygens (including phenoxy) is 1. The number of pyridine rings is 1. The van der Waals surface area contributed by atoms with Gasteiger partial charge in [-0.3, -0.25) is 9.88 Å². The first-order chi connectivity index (χ1) is 9.28. The number of hydrogen-bond acceptors (Lipinski definition) is 3. The van der Waals surface area contributed by atoms with Crippen LogP contribution in [0.15, 0.2) is 12.1 Å². The van der Waals surface area contributed by atoms with E-state index >= 15 is 0 Å². The van der Waals surface area contributed by atoms with Gasteiger partial charge >= 0.3 is 0 Å². The van der Waals surface area contributed by atoms with Gasteiger partial charge in [-0.25, -0.2) is 0 Å². The lowest BCUT2D eigenvalue weighted by Gasteiger charge is -2.21. The van der Waals surface area contributed by atoms with Crippen LogP contribution in [-0.4, -0.2) is 36.2 Å². The van der Waals surface area contributed by atoms with Gasteiger partial charge in [-0.15, -0.1) is 0 Å². The van der Waals surface area contributed by atoms with Crippen molar-refractivity contribution < 1.29 is 4.74 Å². The first-order valence-corrected chi connectivity index (χ1v) is 7.57. The zero-order valence-corrected chi connectivity index (χ0v) is 12.5. The monoisotopic (exact) mass is 262 g/mol. The molecule has 2 heterocycles. The molecule has 0 N–H and O–H groups in total. The Labute approximate surface area is 117 Å². The molecule has 1 atom stereocenters. The molecule has 0 aliphatic carbocycles. The average Bonchev–Trinajstić information content (AvgIpc) is 2.98. The Morgan fingerprint density at radius 2 is 2.05 bits per heavy atom. The molecular formula is C16H26N2O. The predicted molar refractivity (Wildman–Crippen MR) is 78.4 cm³/mol. The Bertz CT molecular complexity index is 396. The van der Waals surface area contributed by atoms with Crippen molar-refractivity contribution in [2.45, 2.75) is 46.1 Å². The molecule has 3 nitrogen and oxygen atoms in total. The van der Waals surface area contributed by atoms with Gasteiger partial charge in [0.05, 0.1) is 12.3 Å². The van der Waals surface area contributed by atoms with Gasteiger partial charge in [-0.1, -0.05) is 26.8 Å². The van der Waals surface area contributed by atoms with E-state index < -0.39 is 0 Å². The van der Waals surface area contributed by atoms with Gasteiger partial charge in [-0.2, -0.15) is 0 Å². The molecule has 0 unspecified atom stereocenters. The van der Waals surface area contributed by atoms with E-state index in [2.05, 4.69) is 37.8 Å². The summed E-state index contributed by atoms with van der Waals surface area (Å²) in [4.78, 5) is 7.31. The molecule has 0 saturated carbocycles. The van der Waals surface area contributed by atoms with Crippen molar-refractivity contribution in [3.63, 3.8) is 0 Å². The van der Waals surface area contributed by atoms with Crippen molar-refractivity contribution in [1.29, 1.82) is 0 Å². The van der Waals surface area contributed by atoms with Crippen molar-refractivity contribution in [2.75, 3.05) is 26.3 Å². The smallest absolute Gasteiger partial charge is 0.0582 e. The molecule has 1 aromatic rings. The Kier molecular flexibility index (Phi) is 5.34. The van der Waals surface area contributed by atoms with Crippen LogP contribution in [0.3, 0.4) is 0 Å². The Morgan fingerprint density at radius 1 is 1.26 bits per heavy atom. The van der Waals surface area contributed by atoms with Gasteiger partial charge in [0.15, 0.2) is 0 Å². The van der Waals surface area contributed by atoms with Gasteiger partial charge in [0.1, 0.15) is 0 Å². The highest BCUT2D eigenvalue weighted by Crippen LogP contribution is 2.28. The van der Waals surface area contributed by atoms with E-state index in [1.165, 1.54) is 17.0 Å². The molecule has 19 heavy (non-hydrogen) atoms. The second-order valence-electron chi connectivity index (χ2n) is 5.21. The number of nitrogens with zero attached hydrogens (tertiary/aromatic N) is 2. The van der Waals surface area contributed by atoms with Crippen LogP contribution in [0, 0.1) is 0 Å². The topological polar surface area (TPSA) is 25.4 Å². The van der Waals surface area contributed by atoms with Gasteiger partial charge in [0, 0.05) is 24.8 Å². The molecule has 106 valence electrons. The summed E-state index contributed by atoms with van der Waals surface area (Å²) >= 11 is 0. The van der Waals surface area contributed by atoms with Crippen LogP contribution in [0.2, 0.25) is 0 Å². The van der Waals surface area contributed by atoms with Crippen LogP contribution in [0.5, 0.6) is 0 Å². The maximum absolute atomic E-state index is 5.54. The predicted octanol–water partition coefficient (Wildman–Crippen LogP) is 2.99. The third-order valence-corrected chi connectivity index (χ3v) is 4.07. The van der Waals surface area contributed by atoms with Gasteiger partial charge in [-0.05, 0) is 37.6 Å². The fourth-order valence-electron chi connectivity index (χ4n) is 2.69. The lowest BCUT2D eigenvalue weighted by Crippen LogP contribution is -2.24. The van der Waals surface area contributed by atoms with Crippen LogP contribution in [-0.2, 0) is 17.7 Å². The summed E-state index contributed by atoms with van der Waals surface area (Å²) in [5.41, 5.74) is 3.87. The minimum absolute atomic E-state index is 0.545. The molecule has 0 aromatic carbocycles. The minimum atomic E-state index is 0.545. The quantitative estimate of drug-likeness (QED) is 0.788. The van der Waals surface area contributed by atoms with E-state index in [4.69, 9.17) is 9.72 Å². The van der Waals surface area contributed by atoms with Crippen molar-refractivity contribution in [1.82, 2.24) is 9.88 Å². The molecule has 3 heteroatoms. The summed E-state index contributed by atoms with van der Waals surface area (Å²) < 4.78 is 5.54. The molecule has 1 fully saturated rings. The minimum Gasteiger partial charge on any atom is -0.381 e. The van der Waals surface area contributed by atoms with E-state index in [1.807, 2.05) is 0 Å².